The van der Waals surface area contributed by atoms with E-state index in [1.807, 2.05) is 30.3 Å². The molecule has 3 aromatic carbocycles. The van der Waals surface area contributed by atoms with Crippen molar-refractivity contribution in [1.82, 2.24) is 5.16 Å². The monoisotopic (exact) mass is 441 g/mol. The fraction of sp³-hybridized carbons (Fsp3) is 0.0476. The number of fused-ring (bicyclic) bond motifs is 1. The van der Waals surface area contributed by atoms with Crippen molar-refractivity contribution < 1.29 is 14.1 Å². The van der Waals surface area contributed by atoms with Gasteiger partial charge < -0.3 is 9.26 Å². The molecule has 1 heterocycles. The highest BCUT2D eigenvalue weighted by atomic mass is 79.9. The minimum atomic E-state index is -0.428. The molecule has 0 spiro atoms. The van der Waals surface area contributed by atoms with Crippen LogP contribution in [0.1, 0.15) is 21.6 Å². The van der Waals surface area contributed by atoms with Gasteiger partial charge in [-0.3, -0.25) is 0 Å². The van der Waals surface area contributed by atoms with E-state index in [0.717, 1.165) is 21.1 Å². The normalized spacial score (nSPS) is 10.9. The second-order valence-electron chi connectivity index (χ2n) is 5.99. The van der Waals surface area contributed by atoms with Crippen LogP contribution < -0.4 is 4.74 Å². The molecular weight excluding hydrogens is 430 g/mol. The minimum Gasteiger partial charge on any atom is -0.423 e. The number of halogens is 2. The van der Waals surface area contributed by atoms with Gasteiger partial charge in [-0.15, -0.1) is 0 Å². The summed E-state index contributed by atoms with van der Waals surface area (Å²) in [4.78, 5) is 12.2. The van der Waals surface area contributed by atoms with Gasteiger partial charge in [0.1, 0.15) is 5.75 Å². The second kappa shape index (κ2) is 7.55. The van der Waals surface area contributed by atoms with E-state index in [2.05, 4.69) is 21.1 Å². The van der Waals surface area contributed by atoms with Gasteiger partial charge in [-0.2, -0.15) is 0 Å². The molecule has 0 radical (unpaired) electrons. The molecular formula is C21H13BrClNO3. The Balaban J connectivity index is 1.54. The predicted molar refractivity (Wildman–Crippen MR) is 107 cm³/mol. The van der Waals surface area contributed by atoms with Crippen LogP contribution in [-0.4, -0.2) is 11.1 Å². The zero-order chi connectivity index (χ0) is 18.8. The molecule has 0 aliphatic rings. The molecule has 0 saturated carbocycles. The van der Waals surface area contributed by atoms with Gasteiger partial charge in [-0.05, 0) is 54.1 Å². The number of ether oxygens (including phenoxy) is 1. The number of benzene rings is 3. The van der Waals surface area contributed by atoms with E-state index < -0.39 is 5.97 Å². The fourth-order valence-corrected chi connectivity index (χ4v) is 3.10. The molecule has 0 unspecified atom stereocenters. The SMILES string of the molecule is O=C(Oc1ccc2c(Cc3ccc(Cl)cc3)noc2c1)c1ccc(Br)cc1. The molecule has 0 fully saturated rings. The zero-order valence-corrected chi connectivity index (χ0v) is 16.3. The third kappa shape index (κ3) is 4.04. The number of aromatic nitrogens is 1. The fourth-order valence-electron chi connectivity index (χ4n) is 2.71. The van der Waals surface area contributed by atoms with Crippen molar-refractivity contribution in [3.05, 3.63) is 93.0 Å². The van der Waals surface area contributed by atoms with E-state index in [4.69, 9.17) is 20.9 Å². The molecule has 0 amide bonds. The van der Waals surface area contributed by atoms with Crippen LogP contribution in [0.2, 0.25) is 5.02 Å². The second-order valence-corrected chi connectivity index (χ2v) is 7.34. The van der Waals surface area contributed by atoms with Crippen molar-refractivity contribution in [3.8, 4) is 5.75 Å². The highest BCUT2D eigenvalue weighted by Gasteiger charge is 2.13. The third-order valence-electron chi connectivity index (χ3n) is 4.09. The maximum atomic E-state index is 12.2. The van der Waals surface area contributed by atoms with E-state index >= 15 is 0 Å². The maximum absolute atomic E-state index is 12.2. The summed E-state index contributed by atoms with van der Waals surface area (Å²) in [6.45, 7) is 0. The molecule has 0 N–H and O–H groups in total. The van der Waals surface area contributed by atoms with Crippen LogP contribution in [0.5, 0.6) is 5.75 Å². The standard InChI is InChI=1S/C21H13BrClNO3/c22-15-5-3-14(4-6-15)21(25)26-17-9-10-18-19(24-27-20(18)12-17)11-13-1-7-16(23)8-2-13/h1-10,12H,11H2. The molecule has 27 heavy (non-hydrogen) atoms. The van der Waals surface area contributed by atoms with Gasteiger partial charge in [-0.1, -0.05) is 44.8 Å². The predicted octanol–water partition coefficient (Wildman–Crippen LogP) is 6.05. The van der Waals surface area contributed by atoms with Gasteiger partial charge in [0.25, 0.3) is 0 Å². The number of nitrogens with zero attached hydrogens (tertiary/aromatic N) is 1. The molecule has 0 atom stereocenters. The molecule has 0 aliphatic heterocycles. The van der Waals surface area contributed by atoms with Crippen molar-refractivity contribution in [2.75, 3.05) is 0 Å². The lowest BCUT2D eigenvalue weighted by atomic mass is 10.1. The average molecular weight is 443 g/mol. The summed E-state index contributed by atoms with van der Waals surface area (Å²) >= 11 is 9.26. The van der Waals surface area contributed by atoms with Crippen LogP contribution >= 0.6 is 27.5 Å². The Bertz CT molecular complexity index is 1100. The average Bonchev–Trinajstić information content (AvgIpc) is 3.06. The molecule has 4 aromatic rings. The van der Waals surface area contributed by atoms with E-state index in [0.29, 0.717) is 28.3 Å². The highest BCUT2D eigenvalue weighted by Crippen LogP contribution is 2.26. The van der Waals surface area contributed by atoms with Gasteiger partial charge in [0.15, 0.2) is 5.58 Å². The summed E-state index contributed by atoms with van der Waals surface area (Å²) in [6.07, 6.45) is 0.627. The Hall–Kier alpha value is -2.63. The summed E-state index contributed by atoms with van der Waals surface area (Å²) in [6, 6.07) is 19.8. The summed E-state index contributed by atoms with van der Waals surface area (Å²) in [5.41, 5.74) is 2.94. The van der Waals surface area contributed by atoms with Crippen LogP contribution in [0.3, 0.4) is 0 Å². The summed E-state index contributed by atoms with van der Waals surface area (Å²) < 4.78 is 11.7. The van der Waals surface area contributed by atoms with Crippen LogP contribution in [-0.2, 0) is 6.42 Å². The molecule has 0 saturated heterocycles. The lowest BCUT2D eigenvalue weighted by Crippen LogP contribution is -2.08. The van der Waals surface area contributed by atoms with Gasteiger partial charge in [0.05, 0.1) is 11.3 Å². The Labute approximate surface area is 168 Å². The lowest BCUT2D eigenvalue weighted by Gasteiger charge is -2.04. The first-order valence-electron chi connectivity index (χ1n) is 8.19. The largest absolute Gasteiger partial charge is 0.423 e. The molecule has 4 rings (SSSR count). The summed E-state index contributed by atoms with van der Waals surface area (Å²) in [5, 5.41) is 5.73. The minimum absolute atomic E-state index is 0.407. The highest BCUT2D eigenvalue weighted by molar-refractivity contribution is 9.10. The molecule has 4 nitrogen and oxygen atoms in total. The number of rotatable bonds is 4. The third-order valence-corrected chi connectivity index (χ3v) is 4.87. The smallest absolute Gasteiger partial charge is 0.343 e. The van der Waals surface area contributed by atoms with Crippen molar-refractivity contribution in [1.29, 1.82) is 0 Å². The van der Waals surface area contributed by atoms with Crippen molar-refractivity contribution >= 4 is 44.5 Å². The van der Waals surface area contributed by atoms with Crippen molar-refractivity contribution in [2.24, 2.45) is 0 Å². The number of hydrogen-bond donors (Lipinski definition) is 0. The molecule has 1 aromatic heterocycles. The summed E-state index contributed by atoms with van der Waals surface area (Å²) in [7, 11) is 0. The molecule has 0 aliphatic carbocycles. The first-order valence-corrected chi connectivity index (χ1v) is 9.36. The van der Waals surface area contributed by atoms with Gasteiger partial charge >= 0.3 is 5.97 Å². The van der Waals surface area contributed by atoms with Crippen molar-refractivity contribution in [2.45, 2.75) is 6.42 Å². The maximum Gasteiger partial charge on any atom is 0.343 e. The molecule has 134 valence electrons. The van der Waals surface area contributed by atoms with Gasteiger partial charge in [-0.25, -0.2) is 4.79 Å². The van der Waals surface area contributed by atoms with Gasteiger partial charge in [0, 0.05) is 27.4 Å². The van der Waals surface area contributed by atoms with E-state index in [1.54, 1.807) is 36.4 Å². The Kier molecular flexibility index (Phi) is 4.97. The van der Waals surface area contributed by atoms with Crippen LogP contribution in [0.4, 0.5) is 0 Å². The van der Waals surface area contributed by atoms with Crippen LogP contribution in [0, 0.1) is 0 Å². The summed E-state index contributed by atoms with van der Waals surface area (Å²) in [5.74, 6) is -0.0210. The van der Waals surface area contributed by atoms with E-state index in [-0.39, 0.29) is 0 Å². The van der Waals surface area contributed by atoms with Gasteiger partial charge in [0.2, 0.25) is 0 Å². The Morgan fingerprint density at radius 3 is 2.52 bits per heavy atom. The van der Waals surface area contributed by atoms with Crippen molar-refractivity contribution in [3.63, 3.8) is 0 Å². The Morgan fingerprint density at radius 2 is 1.78 bits per heavy atom. The lowest BCUT2D eigenvalue weighted by molar-refractivity contribution is 0.0735. The quantitative estimate of drug-likeness (QED) is 0.285. The van der Waals surface area contributed by atoms with Crippen LogP contribution in [0.15, 0.2) is 75.7 Å². The Morgan fingerprint density at radius 1 is 1.04 bits per heavy atom. The first-order chi connectivity index (χ1) is 13.1. The van der Waals surface area contributed by atoms with E-state index in [9.17, 15) is 4.79 Å². The number of carbonyl (C=O) groups is 1. The number of carbonyl (C=O) groups excluding carboxylic acids is 1. The number of esters is 1. The molecule has 6 heteroatoms. The topological polar surface area (TPSA) is 52.3 Å². The molecule has 0 bridgehead atoms. The number of hydrogen-bond acceptors (Lipinski definition) is 4. The first kappa shape index (κ1) is 17.8. The van der Waals surface area contributed by atoms with Crippen LogP contribution in [0.25, 0.3) is 11.0 Å². The van der Waals surface area contributed by atoms with E-state index in [1.165, 1.54) is 0 Å². The zero-order valence-electron chi connectivity index (χ0n) is 14.0.